The largest absolute Gasteiger partial charge is 0.368 e. The molecule has 1 aromatic rings. The van der Waals surface area contributed by atoms with E-state index in [0.29, 0.717) is 37.6 Å². The summed E-state index contributed by atoms with van der Waals surface area (Å²) in [7, 11) is 0. The lowest BCUT2D eigenvalue weighted by Crippen LogP contribution is -2.34. The monoisotopic (exact) mass is 364 g/mol. The first-order valence-corrected chi connectivity index (χ1v) is 9.62. The molecule has 3 aliphatic rings. The van der Waals surface area contributed by atoms with Crippen LogP contribution in [0, 0.1) is 29.4 Å². The summed E-state index contributed by atoms with van der Waals surface area (Å²) in [4.78, 5) is 0. The molecule has 26 heavy (non-hydrogen) atoms. The van der Waals surface area contributed by atoms with E-state index >= 15 is 0 Å². The molecule has 5 heteroatoms. The molecule has 0 radical (unpaired) electrons. The van der Waals surface area contributed by atoms with Gasteiger partial charge in [-0.2, -0.15) is 0 Å². The molecule has 0 N–H and O–H groups in total. The zero-order valence-corrected chi connectivity index (χ0v) is 15.1. The molecule has 142 valence electrons. The van der Waals surface area contributed by atoms with E-state index in [4.69, 9.17) is 14.2 Å². The predicted octanol–water partition coefficient (Wildman–Crippen LogP) is 5.08. The van der Waals surface area contributed by atoms with Crippen LogP contribution in [0.15, 0.2) is 24.3 Å². The lowest BCUT2D eigenvalue weighted by Gasteiger charge is -2.37. The average molecular weight is 364 g/mol. The number of benzene rings is 1. The third kappa shape index (κ3) is 3.71. The highest BCUT2D eigenvalue weighted by atomic mass is 19.2. The summed E-state index contributed by atoms with van der Waals surface area (Å²) in [6.45, 7) is 3.60. The minimum absolute atomic E-state index is 0.141. The van der Waals surface area contributed by atoms with Gasteiger partial charge in [-0.15, -0.1) is 0 Å². The van der Waals surface area contributed by atoms with E-state index in [0.717, 1.165) is 0 Å². The van der Waals surface area contributed by atoms with E-state index in [9.17, 15) is 8.78 Å². The van der Waals surface area contributed by atoms with Crippen LogP contribution in [0.1, 0.15) is 56.1 Å². The van der Waals surface area contributed by atoms with Gasteiger partial charge in [-0.1, -0.05) is 24.3 Å². The highest BCUT2D eigenvalue weighted by Crippen LogP contribution is 2.39. The van der Waals surface area contributed by atoms with E-state index in [1.54, 1.807) is 12.1 Å². The summed E-state index contributed by atoms with van der Waals surface area (Å²) in [6, 6.07) is 3.13. The number of rotatable bonds is 4. The first-order valence-electron chi connectivity index (χ1n) is 9.62. The van der Waals surface area contributed by atoms with Crippen molar-refractivity contribution < 1.29 is 23.0 Å². The molecule has 4 rings (SSSR count). The Labute approximate surface area is 153 Å². The Morgan fingerprint density at radius 3 is 2.08 bits per heavy atom. The predicted molar refractivity (Wildman–Crippen MR) is 93.4 cm³/mol. The molecule has 0 spiro atoms. The van der Waals surface area contributed by atoms with Crippen LogP contribution in [0.25, 0.3) is 0 Å². The van der Waals surface area contributed by atoms with Gasteiger partial charge in [0.25, 0.3) is 0 Å². The van der Waals surface area contributed by atoms with Crippen LogP contribution in [-0.4, -0.2) is 19.8 Å². The second-order valence-corrected chi connectivity index (χ2v) is 7.65. The van der Waals surface area contributed by atoms with Crippen molar-refractivity contribution in [3.8, 4) is 0 Å². The van der Waals surface area contributed by atoms with Gasteiger partial charge in [0.05, 0.1) is 19.8 Å². The SMILES string of the molecule is C/C=C/C1CCC(C2COC(c3ccc(C4CO4)c(F)c3F)OC2)CC1. The van der Waals surface area contributed by atoms with Gasteiger partial charge in [0.1, 0.15) is 6.10 Å². The van der Waals surface area contributed by atoms with Crippen LogP contribution in [0.3, 0.4) is 0 Å². The smallest absolute Gasteiger partial charge is 0.186 e. The summed E-state index contributed by atoms with van der Waals surface area (Å²) >= 11 is 0. The molecule has 0 amide bonds. The number of halogens is 2. The van der Waals surface area contributed by atoms with E-state index < -0.39 is 17.9 Å². The first kappa shape index (κ1) is 18.1. The molecule has 2 heterocycles. The van der Waals surface area contributed by atoms with Gasteiger partial charge < -0.3 is 14.2 Å². The Hall–Kier alpha value is -1.30. The van der Waals surface area contributed by atoms with Crippen molar-refractivity contribution in [1.82, 2.24) is 0 Å². The van der Waals surface area contributed by atoms with E-state index in [-0.39, 0.29) is 17.2 Å². The zero-order valence-electron chi connectivity index (χ0n) is 15.1. The van der Waals surface area contributed by atoms with Crippen LogP contribution < -0.4 is 0 Å². The Morgan fingerprint density at radius 2 is 1.46 bits per heavy atom. The minimum atomic E-state index is -0.881. The Kier molecular flexibility index (Phi) is 5.39. The Morgan fingerprint density at radius 1 is 0.846 bits per heavy atom. The topological polar surface area (TPSA) is 31.0 Å². The van der Waals surface area contributed by atoms with Crippen molar-refractivity contribution in [2.24, 2.45) is 17.8 Å². The van der Waals surface area contributed by atoms with E-state index in [1.165, 1.54) is 25.7 Å². The van der Waals surface area contributed by atoms with Gasteiger partial charge in [-0.05, 0) is 44.4 Å². The molecular weight excluding hydrogens is 338 g/mol. The van der Waals surface area contributed by atoms with Gasteiger partial charge in [-0.3, -0.25) is 0 Å². The van der Waals surface area contributed by atoms with Crippen molar-refractivity contribution in [2.75, 3.05) is 19.8 Å². The molecule has 0 aromatic heterocycles. The summed E-state index contributed by atoms with van der Waals surface area (Å²) in [5.74, 6) is -0.103. The van der Waals surface area contributed by atoms with Crippen LogP contribution in [-0.2, 0) is 14.2 Å². The maximum Gasteiger partial charge on any atom is 0.186 e. The minimum Gasteiger partial charge on any atom is -0.368 e. The Balaban J connectivity index is 1.35. The van der Waals surface area contributed by atoms with Crippen molar-refractivity contribution in [2.45, 2.75) is 45.0 Å². The van der Waals surface area contributed by atoms with Gasteiger partial charge in [0.15, 0.2) is 17.9 Å². The summed E-state index contributed by atoms with van der Waals surface area (Å²) in [6.07, 6.45) is 8.07. The summed E-state index contributed by atoms with van der Waals surface area (Å²) in [5, 5.41) is 0. The highest BCUT2D eigenvalue weighted by Gasteiger charge is 2.35. The standard InChI is InChI=1S/C21H26F2O3/c1-2-3-13-4-6-14(7-5-13)15-10-25-21(26-11-15)17-9-8-16(18-12-24-18)19(22)20(17)23/h2-3,8-9,13-15,18,21H,4-7,10-12H2,1H3/b3-2+. The number of hydrogen-bond donors (Lipinski definition) is 0. The molecular formula is C21H26F2O3. The van der Waals surface area contributed by atoms with Crippen LogP contribution in [0.5, 0.6) is 0 Å². The van der Waals surface area contributed by atoms with Crippen LogP contribution in [0.4, 0.5) is 8.78 Å². The van der Waals surface area contributed by atoms with Crippen LogP contribution >= 0.6 is 0 Å². The third-order valence-electron chi connectivity index (χ3n) is 5.95. The molecule has 2 saturated heterocycles. The molecule has 1 aliphatic carbocycles. The molecule has 1 atom stereocenters. The lowest BCUT2D eigenvalue weighted by molar-refractivity contribution is -0.215. The van der Waals surface area contributed by atoms with E-state index in [1.807, 2.05) is 0 Å². The highest BCUT2D eigenvalue weighted by molar-refractivity contribution is 5.30. The molecule has 2 aliphatic heterocycles. The number of allylic oxidation sites excluding steroid dienone is 2. The molecule has 0 bridgehead atoms. The molecule has 1 saturated carbocycles. The summed E-state index contributed by atoms with van der Waals surface area (Å²) < 4.78 is 45.2. The van der Waals surface area contributed by atoms with E-state index in [2.05, 4.69) is 19.1 Å². The second kappa shape index (κ2) is 7.75. The zero-order chi connectivity index (χ0) is 18.1. The average Bonchev–Trinajstić information content (AvgIpc) is 3.50. The second-order valence-electron chi connectivity index (χ2n) is 7.65. The maximum absolute atomic E-state index is 14.4. The van der Waals surface area contributed by atoms with Crippen molar-refractivity contribution in [3.63, 3.8) is 0 Å². The summed E-state index contributed by atoms with van der Waals surface area (Å²) in [5.41, 5.74) is 0.417. The fraction of sp³-hybridized carbons (Fsp3) is 0.619. The number of hydrogen-bond acceptors (Lipinski definition) is 3. The molecule has 1 unspecified atom stereocenters. The van der Waals surface area contributed by atoms with Gasteiger partial charge in [0.2, 0.25) is 0 Å². The van der Waals surface area contributed by atoms with Crippen molar-refractivity contribution in [1.29, 1.82) is 0 Å². The van der Waals surface area contributed by atoms with Crippen molar-refractivity contribution in [3.05, 3.63) is 47.0 Å². The number of ether oxygens (including phenoxy) is 3. The molecule has 1 aromatic carbocycles. The molecule has 3 fully saturated rings. The number of epoxide rings is 1. The maximum atomic E-state index is 14.4. The quantitative estimate of drug-likeness (QED) is 0.551. The molecule has 3 nitrogen and oxygen atoms in total. The first-order chi connectivity index (χ1) is 12.7. The third-order valence-corrected chi connectivity index (χ3v) is 5.95. The van der Waals surface area contributed by atoms with Crippen LogP contribution in [0.2, 0.25) is 0 Å². The van der Waals surface area contributed by atoms with Gasteiger partial charge in [-0.25, -0.2) is 8.78 Å². The van der Waals surface area contributed by atoms with Gasteiger partial charge in [0, 0.05) is 17.0 Å². The fourth-order valence-electron chi connectivity index (χ4n) is 4.29. The lowest BCUT2D eigenvalue weighted by atomic mass is 9.76. The normalized spacial score (nSPS) is 35.0. The fourth-order valence-corrected chi connectivity index (χ4v) is 4.29. The Bertz CT molecular complexity index is 655. The van der Waals surface area contributed by atoms with Crippen molar-refractivity contribution >= 4 is 0 Å². The van der Waals surface area contributed by atoms with Gasteiger partial charge >= 0.3 is 0 Å².